The third kappa shape index (κ3) is 4.66. The molecule has 1 aromatic heterocycles. The van der Waals surface area contributed by atoms with Gasteiger partial charge in [0.05, 0.1) is 11.1 Å². The van der Waals surface area contributed by atoms with Gasteiger partial charge >= 0.3 is 7.82 Å². The number of benzene rings is 2. The molecule has 9 nitrogen and oxygen atoms in total. The van der Waals surface area contributed by atoms with E-state index in [-0.39, 0.29) is 28.0 Å². The SMILES string of the molecule is COP(=O)(O)Oc1cc(O)c2c(=O)cc(-c3ccccc3Cl)oc2c1C1CCN(C)CC1O. The third-order valence-electron chi connectivity index (χ3n) is 5.72. The first kappa shape index (κ1) is 23.8. The van der Waals surface area contributed by atoms with E-state index < -0.39 is 31.0 Å². The highest BCUT2D eigenvalue weighted by molar-refractivity contribution is 7.47. The number of halogens is 1. The molecule has 11 heteroatoms. The number of hydrogen-bond acceptors (Lipinski definition) is 8. The average molecular weight is 496 g/mol. The molecule has 1 aliphatic rings. The maximum Gasteiger partial charge on any atom is 0.527 e. The molecule has 0 spiro atoms. The zero-order valence-electron chi connectivity index (χ0n) is 17.9. The first-order valence-electron chi connectivity index (χ1n) is 10.1. The quantitative estimate of drug-likeness (QED) is 0.453. The van der Waals surface area contributed by atoms with Crippen LogP contribution in [0.1, 0.15) is 17.9 Å². The maximum absolute atomic E-state index is 13.0. The van der Waals surface area contributed by atoms with E-state index in [1.165, 1.54) is 6.07 Å². The van der Waals surface area contributed by atoms with Gasteiger partial charge in [-0.05, 0) is 32.1 Å². The number of likely N-dealkylation sites (tertiary alicyclic amines) is 1. The Balaban J connectivity index is 2.04. The lowest BCUT2D eigenvalue weighted by Gasteiger charge is -2.34. The first-order chi connectivity index (χ1) is 15.6. The molecule has 3 atom stereocenters. The van der Waals surface area contributed by atoms with E-state index in [9.17, 15) is 24.5 Å². The van der Waals surface area contributed by atoms with Crippen LogP contribution in [0.2, 0.25) is 5.02 Å². The van der Waals surface area contributed by atoms with E-state index in [1.807, 2.05) is 11.9 Å². The summed E-state index contributed by atoms with van der Waals surface area (Å²) < 4.78 is 28.1. The smallest absolute Gasteiger partial charge is 0.507 e. The summed E-state index contributed by atoms with van der Waals surface area (Å²) in [5.41, 5.74) is 0.0410. The minimum absolute atomic E-state index is 0.0582. The predicted octanol–water partition coefficient (Wildman–Crippen LogP) is 3.72. The second-order valence-electron chi connectivity index (χ2n) is 7.93. The number of fused-ring (bicyclic) bond motifs is 1. The summed E-state index contributed by atoms with van der Waals surface area (Å²) in [6, 6.07) is 9.04. The van der Waals surface area contributed by atoms with Crippen LogP contribution in [0.4, 0.5) is 0 Å². The second-order valence-corrected chi connectivity index (χ2v) is 9.83. The fraction of sp³-hybridized carbons (Fsp3) is 0.318. The Bertz CT molecular complexity index is 1310. The molecular weight excluding hydrogens is 473 g/mol. The van der Waals surface area contributed by atoms with Crippen molar-refractivity contribution in [2.24, 2.45) is 0 Å². The van der Waals surface area contributed by atoms with Gasteiger partial charge in [0.15, 0.2) is 5.43 Å². The molecule has 1 aliphatic heterocycles. The van der Waals surface area contributed by atoms with Crippen molar-refractivity contribution >= 4 is 30.4 Å². The molecule has 0 amide bonds. The monoisotopic (exact) mass is 495 g/mol. The number of phenolic OH excluding ortho intramolecular Hbond substituents is 1. The number of piperidine rings is 1. The van der Waals surface area contributed by atoms with E-state index in [2.05, 4.69) is 4.52 Å². The van der Waals surface area contributed by atoms with Gasteiger partial charge < -0.3 is 24.1 Å². The van der Waals surface area contributed by atoms with E-state index in [1.54, 1.807) is 24.3 Å². The Morgan fingerprint density at radius 2 is 2.00 bits per heavy atom. The number of β-amino-alcohol motifs (C(OH)–C–C–N with tert-alkyl or cyclic N) is 1. The molecule has 4 rings (SSSR count). The van der Waals surface area contributed by atoms with Crippen LogP contribution in [0, 0.1) is 0 Å². The molecule has 176 valence electrons. The highest BCUT2D eigenvalue weighted by atomic mass is 35.5. The number of likely N-dealkylation sites (N-methyl/N-ethyl adjacent to an activating group) is 1. The van der Waals surface area contributed by atoms with Crippen LogP contribution in [0.25, 0.3) is 22.3 Å². The summed E-state index contributed by atoms with van der Waals surface area (Å²) >= 11 is 6.29. The minimum Gasteiger partial charge on any atom is -0.507 e. The summed E-state index contributed by atoms with van der Waals surface area (Å²) in [5, 5.41) is 21.6. The van der Waals surface area contributed by atoms with Gasteiger partial charge in [-0.3, -0.25) is 14.2 Å². The lowest BCUT2D eigenvalue weighted by Crippen LogP contribution is -2.40. The zero-order valence-corrected chi connectivity index (χ0v) is 19.5. The van der Waals surface area contributed by atoms with Gasteiger partial charge in [0.25, 0.3) is 0 Å². The van der Waals surface area contributed by atoms with Crippen molar-refractivity contribution < 1.29 is 33.1 Å². The van der Waals surface area contributed by atoms with Gasteiger partial charge in [-0.1, -0.05) is 23.7 Å². The first-order valence-corrected chi connectivity index (χ1v) is 12.0. The highest BCUT2D eigenvalue weighted by Crippen LogP contribution is 2.50. The molecule has 0 aliphatic carbocycles. The van der Waals surface area contributed by atoms with Gasteiger partial charge in [0.2, 0.25) is 0 Å². The molecule has 3 aromatic rings. The third-order valence-corrected chi connectivity index (χ3v) is 6.94. The van der Waals surface area contributed by atoms with Crippen LogP contribution >= 0.6 is 19.4 Å². The van der Waals surface area contributed by atoms with E-state index in [0.29, 0.717) is 30.1 Å². The van der Waals surface area contributed by atoms with Crippen LogP contribution in [-0.4, -0.2) is 53.4 Å². The van der Waals surface area contributed by atoms with Crippen molar-refractivity contribution in [3.8, 4) is 22.8 Å². The average Bonchev–Trinajstić information content (AvgIpc) is 2.74. The Morgan fingerprint density at radius 1 is 1.27 bits per heavy atom. The molecule has 33 heavy (non-hydrogen) atoms. The number of nitrogens with zero attached hydrogens (tertiary/aromatic N) is 1. The summed E-state index contributed by atoms with van der Waals surface area (Å²) in [4.78, 5) is 24.9. The van der Waals surface area contributed by atoms with E-state index >= 15 is 0 Å². The number of aromatic hydroxyl groups is 1. The minimum atomic E-state index is -4.54. The lowest BCUT2D eigenvalue weighted by molar-refractivity contribution is 0.0631. The fourth-order valence-electron chi connectivity index (χ4n) is 4.12. The summed E-state index contributed by atoms with van der Waals surface area (Å²) in [7, 11) is -1.68. The second kappa shape index (κ2) is 9.10. The summed E-state index contributed by atoms with van der Waals surface area (Å²) in [5.74, 6) is -1.19. The van der Waals surface area contributed by atoms with E-state index in [4.69, 9.17) is 20.5 Å². The number of phenols is 1. The van der Waals surface area contributed by atoms with Crippen molar-refractivity contribution in [3.05, 3.63) is 57.2 Å². The molecule has 1 saturated heterocycles. The van der Waals surface area contributed by atoms with Gasteiger partial charge in [-0.2, -0.15) is 0 Å². The highest BCUT2D eigenvalue weighted by Gasteiger charge is 2.35. The molecule has 3 N–H and O–H groups in total. The lowest BCUT2D eigenvalue weighted by atomic mass is 9.85. The molecule has 3 unspecified atom stereocenters. The number of aliphatic hydroxyl groups is 1. The van der Waals surface area contributed by atoms with Crippen molar-refractivity contribution in [2.75, 3.05) is 27.2 Å². The van der Waals surface area contributed by atoms with Gasteiger partial charge in [0.1, 0.15) is 28.2 Å². The van der Waals surface area contributed by atoms with Crippen LogP contribution in [0.5, 0.6) is 11.5 Å². The summed E-state index contributed by atoms with van der Waals surface area (Å²) in [6.07, 6.45) is -0.454. The zero-order chi connectivity index (χ0) is 23.9. The molecule has 2 aromatic carbocycles. The Morgan fingerprint density at radius 3 is 2.67 bits per heavy atom. The Labute approximate surface area is 194 Å². The fourth-order valence-corrected chi connectivity index (χ4v) is 4.82. The normalized spacial score (nSPS) is 21.1. The number of phosphoric acid groups is 1. The standard InChI is InChI=1S/C22H23ClNO8P/c1-24-8-7-13(17(27)11-24)20-19(32-33(28,29)30-2)10-16(26)21-15(25)9-18(31-22(20)21)12-5-3-4-6-14(12)23/h3-6,9-10,13,17,26-27H,7-8,11H2,1-2H3,(H,28,29). The van der Waals surface area contributed by atoms with Crippen molar-refractivity contribution in [1.29, 1.82) is 0 Å². The molecule has 0 bridgehead atoms. The van der Waals surface area contributed by atoms with Crippen LogP contribution in [0.3, 0.4) is 0 Å². The molecule has 0 saturated carbocycles. The van der Waals surface area contributed by atoms with Gasteiger partial charge in [0, 0.05) is 42.8 Å². The topological polar surface area (TPSA) is 130 Å². The largest absolute Gasteiger partial charge is 0.527 e. The molecular formula is C22H23ClNO8P. The number of hydrogen-bond donors (Lipinski definition) is 3. The summed E-state index contributed by atoms with van der Waals surface area (Å²) in [6.45, 7) is 0.932. The van der Waals surface area contributed by atoms with Crippen molar-refractivity contribution in [2.45, 2.75) is 18.4 Å². The molecule has 0 radical (unpaired) electrons. The van der Waals surface area contributed by atoms with Crippen molar-refractivity contribution in [1.82, 2.24) is 4.90 Å². The number of phosphoric ester groups is 1. The molecule has 1 fully saturated rings. The Hall–Kier alpha value is -2.39. The number of aliphatic hydroxyl groups excluding tert-OH is 1. The van der Waals surface area contributed by atoms with E-state index in [0.717, 1.165) is 13.2 Å². The van der Waals surface area contributed by atoms with Crippen LogP contribution < -0.4 is 9.95 Å². The maximum atomic E-state index is 13.0. The van der Waals surface area contributed by atoms with Gasteiger partial charge in [-0.15, -0.1) is 0 Å². The van der Waals surface area contributed by atoms with Crippen LogP contribution in [-0.2, 0) is 9.09 Å². The predicted molar refractivity (Wildman–Crippen MR) is 123 cm³/mol. The van der Waals surface area contributed by atoms with Crippen molar-refractivity contribution in [3.63, 3.8) is 0 Å². The van der Waals surface area contributed by atoms with Gasteiger partial charge in [-0.25, -0.2) is 4.57 Å². The van der Waals surface area contributed by atoms with Crippen LogP contribution in [0.15, 0.2) is 45.6 Å². The molecule has 2 heterocycles. The Kier molecular flexibility index (Phi) is 6.55. The number of rotatable bonds is 5.